The molecule has 2 heterocycles. The third-order valence-corrected chi connectivity index (χ3v) is 5.04. The molecule has 4 rings (SSSR count). The van der Waals surface area contributed by atoms with Crippen LogP contribution in [-0.4, -0.2) is 15.3 Å². The lowest BCUT2D eigenvalue weighted by atomic mass is 9.92. The van der Waals surface area contributed by atoms with Gasteiger partial charge in [0.05, 0.1) is 5.69 Å². The molecule has 0 spiro atoms. The van der Waals surface area contributed by atoms with E-state index < -0.39 is 0 Å². The maximum atomic E-state index is 12.8. The molecule has 4 nitrogen and oxygen atoms in total. The molecule has 0 fully saturated rings. The van der Waals surface area contributed by atoms with Crippen LogP contribution >= 0.6 is 0 Å². The van der Waals surface area contributed by atoms with Gasteiger partial charge in [0, 0.05) is 30.4 Å². The number of hydrogen-bond acceptors (Lipinski definition) is 2. The van der Waals surface area contributed by atoms with Crippen molar-refractivity contribution in [2.75, 3.05) is 5.32 Å². The highest BCUT2D eigenvalue weighted by atomic mass is 16.1. The fourth-order valence-electron chi connectivity index (χ4n) is 3.54. The summed E-state index contributed by atoms with van der Waals surface area (Å²) in [5, 5.41) is 3.02. The third-order valence-electron chi connectivity index (χ3n) is 5.04. The second kappa shape index (κ2) is 7.69. The Labute approximate surface area is 164 Å². The van der Waals surface area contributed by atoms with Crippen LogP contribution < -0.4 is 5.32 Å². The Hall–Kier alpha value is -3.40. The molecule has 0 saturated carbocycles. The Morgan fingerprint density at radius 1 is 1.00 bits per heavy atom. The molecule has 0 aliphatic heterocycles. The number of carbonyl (C=O) groups excluding carboxylic acids is 1. The van der Waals surface area contributed by atoms with Gasteiger partial charge >= 0.3 is 0 Å². The van der Waals surface area contributed by atoms with Gasteiger partial charge in [-0.05, 0) is 43.2 Å². The Morgan fingerprint density at radius 3 is 2.50 bits per heavy atom. The summed E-state index contributed by atoms with van der Waals surface area (Å²) in [7, 11) is 0. The number of rotatable bonds is 5. The first-order valence-electron chi connectivity index (χ1n) is 9.46. The molecular formula is C24H23N3O. The summed E-state index contributed by atoms with van der Waals surface area (Å²) in [5.74, 6) is -0.0937. The van der Waals surface area contributed by atoms with E-state index in [9.17, 15) is 4.79 Å². The van der Waals surface area contributed by atoms with Crippen LogP contribution in [0, 0.1) is 13.8 Å². The molecule has 2 aromatic heterocycles. The van der Waals surface area contributed by atoms with E-state index in [4.69, 9.17) is 0 Å². The zero-order valence-electron chi connectivity index (χ0n) is 16.1. The van der Waals surface area contributed by atoms with Crippen LogP contribution in [-0.2, 0) is 4.79 Å². The van der Waals surface area contributed by atoms with Crippen molar-refractivity contribution in [2.45, 2.75) is 26.2 Å². The number of pyridine rings is 1. The predicted octanol–water partition coefficient (Wildman–Crippen LogP) is 5.11. The van der Waals surface area contributed by atoms with Gasteiger partial charge in [-0.3, -0.25) is 4.79 Å². The monoisotopic (exact) mass is 369 g/mol. The number of anilines is 1. The van der Waals surface area contributed by atoms with Crippen LogP contribution in [0.1, 0.15) is 34.7 Å². The number of amides is 1. The zero-order chi connectivity index (χ0) is 19.5. The average molecular weight is 369 g/mol. The second-order valence-electron chi connectivity index (χ2n) is 7.15. The Balaban J connectivity index is 1.67. The number of benzene rings is 2. The SMILES string of the molecule is Cc1ccc(NC(=O)CC(c2ccccc2)c2cnc3c(C)cccn23)cc1. The predicted molar refractivity (Wildman–Crippen MR) is 113 cm³/mol. The molecule has 0 saturated heterocycles. The van der Waals surface area contributed by atoms with E-state index in [0.717, 1.165) is 28.2 Å². The quantitative estimate of drug-likeness (QED) is 0.531. The fraction of sp³-hybridized carbons (Fsp3) is 0.167. The molecule has 4 aromatic rings. The number of imidazole rings is 1. The number of aromatic nitrogens is 2. The summed E-state index contributed by atoms with van der Waals surface area (Å²) >= 11 is 0. The number of carbonyl (C=O) groups is 1. The molecule has 1 N–H and O–H groups in total. The lowest BCUT2D eigenvalue weighted by molar-refractivity contribution is -0.116. The lowest BCUT2D eigenvalue weighted by Gasteiger charge is -2.17. The minimum atomic E-state index is -0.0801. The molecule has 0 aliphatic carbocycles. The standard InChI is InChI=1S/C24H23N3O/c1-17-10-12-20(13-11-17)26-23(28)15-21(19-8-4-3-5-9-19)22-16-25-24-18(2)7-6-14-27(22)24/h3-14,16,21H,15H2,1-2H3,(H,26,28). The summed E-state index contributed by atoms with van der Waals surface area (Å²) in [5.41, 5.74) is 6.15. The normalized spacial score (nSPS) is 12.1. The highest BCUT2D eigenvalue weighted by Gasteiger charge is 2.22. The van der Waals surface area contributed by atoms with E-state index in [1.54, 1.807) is 0 Å². The second-order valence-corrected chi connectivity index (χ2v) is 7.15. The molecule has 1 atom stereocenters. The molecular weight excluding hydrogens is 346 g/mol. The molecule has 1 amide bonds. The van der Waals surface area contributed by atoms with Crippen molar-refractivity contribution in [3.05, 3.63) is 102 Å². The summed E-state index contributed by atoms with van der Waals surface area (Å²) < 4.78 is 2.09. The molecule has 4 heteroatoms. The van der Waals surface area contributed by atoms with Gasteiger partial charge in [-0.2, -0.15) is 0 Å². The van der Waals surface area contributed by atoms with Crippen LogP contribution in [0.4, 0.5) is 5.69 Å². The minimum absolute atomic E-state index is 0.0136. The van der Waals surface area contributed by atoms with Crippen LogP contribution in [0.5, 0.6) is 0 Å². The third kappa shape index (κ3) is 3.67. The molecule has 0 aliphatic rings. The van der Waals surface area contributed by atoms with Crippen molar-refractivity contribution in [1.29, 1.82) is 0 Å². The van der Waals surface area contributed by atoms with E-state index in [2.05, 4.69) is 26.8 Å². The molecule has 0 radical (unpaired) electrons. The van der Waals surface area contributed by atoms with E-state index in [1.807, 2.05) is 80.8 Å². The Kier molecular flexibility index (Phi) is 4.94. The molecule has 140 valence electrons. The lowest BCUT2D eigenvalue weighted by Crippen LogP contribution is -2.17. The highest BCUT2D eigenvalue weighted by Crippen LogP contribution is 2.29. The van der Waals surface area contributed by atoms with Gasteiger partial charge in [-0.1, -0.05) is 54.1 Å². The van der Waals surface area contributed by atoms with Crippen molar-refractivity contribution < 1.29 is 4.79 Å². The van der Waals surface area contributed by atoms with E-state index >= 15 is 0 Å². The van der Waals surface area contributed by atoms with E-state index in [1.165, 1.54) is 5.56 Å². The topological polar surface area (TPSA) is 46.4 Å². The number of fused-ring (bicyclic) bond motifs is 1. The van der Waals surface area contributed by atoms with Crippen LogP contribution in [0.3, 0.4) is 0 Å². The summed E-state index contributed by atoms with van der Waals surface area (Å²) in [6.45, 7) is 4.08. The van der Waals surface area contributed by atoms with Gasteiger partial charge in [0.1, 0.15) is 5.65 Å². The summed E-state index contributed by atoms with van der Waals surface area (Å²) in [6, 6.07) is 22.1. The van der Waals surface area contributed by atoms with E-state index in [-0.39, 0.29) is 11.8 Å². The van der Waals surface area contributed by atoms with Crippen molar-refractivity contribution in [2.24, 2.45) is 0 Å². The minimum Gasteiger partial charge on any atom is -0.326 e. The van der Waals surface area contributed by atoms with E-state index in [0.29, 0.717) is 6.42 Å². The molecule has 28 heavy (non-hydrogen) atoms. The highest BCUT2D eigenvalue weighted by molar-refractivity contribution is 5.91. The van der Waals surface area contributed by atoms with Gasteiger partial charge in [-0.15, -0.1) is 0 Å². The van der Waals surface area contributed by atoms with Crippen molar-refractivity contribution >= 4 is 17.2 Å². The van der Waals surface area contributed by atoms with Gasteiger partial charge in [-0.25, -0.2) is 4.98 Å². The van der Waals surface area contributed by atoms with Crippen LogP contribution in [0.15, 0.2) is 79.1 Å². The van der Waals surface area contributed by atoms with Crippen molar-refractivity contribution in [3.8, 4) is 0 Å². The first kappa shape index (κ1) is 18.0. The van der Waals surface area contributed by atoms with Gasteiger partial charge in [0.25, 0.3) is 0 Å². The Bertz CT molecular complexity index is 1100. The maximum Gasteiger partial charge on any atom is 0.225 e. The zero-order valence-corrected chi connectivity index (χ0v) is 16.1. The molecule has 1 unspecified atom stereocenters. The summed E-state index contributed by atoms with van der Waals surface area (Å²) in [4.78, 5) is 17.4. The first-order valence-corrected chi connectivity index (χ1v) is 9.46. The Morgan fingerprint density at radius 2 is 1.75 bits per heavy atom. The molecule has 2 aromatic carbocycles. The van der Waals surface area contributed by atoms with Crippen molar-refractivity contribution in [1.82, 2.24) is 9.38 Å². The van der Waals surface area contributed by atoms with Gasteiger partial charge in [0.15, 0.2) is 0 Å². The van der Waals surface area contributed by atoms with Gasteiger partial charge < -0.3 is 9.72 Å². The van der Waals surface area contributed by atoms with Crippen LogP contribution in [0.25, 0.3) is 5.65 Å². The number of nitrogens with zero attached hydrogens (tertiary/aromatic N) is 2. The van der Waals surface area contributed by atoms with Crippen LogP contribution in [0.2, 0.25) is 0 Å². The van der Waals surface area contributed by atoms with Gasteiger partial charge in [0.2, 0.25) is 5.91 Å². The smallest absolute Gasteiger partial charge is 0.225 e. The summed E-state index contributed by atoms with van der Waals surface area (Å²) in [6.07, 6.45) is 4.25. The first-order chi connectivity index (χ1) is 13.6. The fourth-order valence-corrected chi connectivity index (χ4v) is 3.54. The number of nitrogens with one attached hydrogen (secondary N) is 1. The van der Waals surface area contributed by atoms with Crippen molar-refractivity contribution in [3.63, 3.8) is 0 Å². The largest absolute Gasteiger partial charge is 0.326 e. The average Bonchev–Trinajstić information content (AvgIpc) is 3.14. The number of hydrogen-bond donors (Lipinski definition) is 1. The number of aryl methyl sites for hydroxylation is 2. The molecule has 0 bridgehead atoms. The maximum absolute atomic E-state index is 12.8.